The van der Waals surface area contributed by atoms with Crippen LogP contribution in [-0.4, -0.2) is 34.3 Å². The largest absolute Gasteiger partial charge is 0.495 e. The van der Waals surface area contributed by atoms with Crippen molar-refractivity contribution in [3.8, 4) is 16.9 Å². The van der Waals surface area contributed by atoms with Crippen LogP contribution in [0.5, 0.6) is 5.75 Å². The Hall–Kier alpha value is -3.15. The monoisotopic (exact) mass is 364 g/mol. The van der Waals surface area contributed by atoms with E-state index < -0.39 is 0 Å². The lowest BCUT2D eigenvalue weighted by Gasteiger charge is -2.15. The van der Waals surface area contributed by atoms with Crippen molar-refractivity contribution in [1.29, 1.82) is 0 Å². The molecule has 0 saturated carbocycles. The highest BCUT2D eigenvalue weighted by atomic mass is 16.5. The van der Waals surface area contributed by atoms with Gasteiger partial charge in [0.1, 0.15) is 5.75 Å². The van der Waals surface area contributed by atoms with Crippen molar-refractivity contribution < 1.29 is 9.53 Å². The van der Waals surface area contributed by atoms with E-state index in [0.717, 1.165) is 22.5 Å². The molecule has 2 aromatic heterocycles. The molecular weight excluding hydrogens is 340 g/mol. The smallest absolute Gasteiger partial charge is 0.251 e. The van der Waals surface area contributed by atoms with Gasteiger partial charge in [0.05, 0.1) is 25.0 Å². The van der Waals surface area contributed by atoms with E-state index in [1.165, 1.54) is 0 Å². The molecule has 1 amide bonds. The molecule has 3 aromatic rings. The van der Waals surface area contributed by atoms with Gasteiger partial charge in [-0.1, -0.05) is 12.1 Å². The maximum atomic E-state index is 12.4. The number of nitrogens with zero attached hydrogens (tertiary/aromatic N) is 3. The second kappa shape index (κ2) is 8.03. The van der Waals surface area contributed by atoms with Gasteiger partial charge in [0, 0.05) is 29.6 Å². The van der Waals surface area contributed by atoms with Gasteiger partial charge in [0.2, 0.25) is 0 Å². The van der Waals surface area contributed by atoms with Crippen molar-refractivity contribution in [2.45, 2.75) is 26.8 Å². The number of carbonyl (C=O) groups is 1. The minimum atomic E-state index is -0.0984. The summed E-state index contributed by atoms with van der Waals surface area (Å²) < 4.78 is 7.14. The van der Waals surface area contributed by atoms with Gasteiger partial charge in [0.25, 0.3) is 5.91 Å². The molecule has 0 aliphatic rings. The number of aryl methyl sites for hydroxylation is 2. The second-order valence-corrected chi connectivity index (χ2v) is 6.62. The molecule has 0 aliphatic carbocycles. The molecule has 140 valence electrons. The van der Waals surface area contributed by atoms with Gasteiger partial charge in [0.15, 0.2) is 0 Å². The Kier molecular flexibility index (Phi) is 5.54. The zero-order valence-electron chi connectivity index (χ0n) is 16.1. The number of pyridine rings is 1. The van der Waals surface area contributed by atoms with Gasteiger partial charge >= 0.3 is 0 Å². The summed E-state index contributed by atoms with van der Waals surface area (Å²) in [4.78, 5) is 16.6. The van der Waals surface area contributed by atoms with Gasteiger partial charge in [-0.3, -0.25) is 14.5 Å². The minimum Gasteiger partial charge on any atom is -0.495 e. The molecule has 0 fully saturated rings. The van der Waals surface area contributed by atoms with Crippen LogP contribution in [0.4, 0.5) is 0 Å². The van der Waals surface area contributed by atoms with Gasteiger partial charge in [-0.2, -0.15) is 5.10 Å². The van der Waals surface area contributed by atoms with E-state index >= 15 is 0 Å². The fourth-order valence-electron chi connectivity index (χ4n) is 3.02. The number of rotatable bonds is 6. The van der Waals surface area contributed by atoms with Gasteiger partial charge < -0.3 is 10.1 Å². The number of hydrogen-bond donors (Lipinski definition) is 1. The number of carbonyl (C=O) groups excluding carboxylic acids is 1. The van der Waals surface area contributed by atoms with E-state index in [0.29, 0.717) is 17.9 Å². The first-order chi connectivity index (χ1) is 13.0. The van der Waals surface area contributed by atoms with Crippen molar-refractivity contribution in [1.82, 2.24) is 20.1 Å². The average Bonchev–Trinajstić information content (AvgIpc) is 3.04. The third-order valence-electron chi connectivity index (χ3n) is 4.45. The van der Waals surface area contributed by atoms with Crippen LogP contribution in [0.15, 0.2) is 48.8 Å². The summed E-state index contributed by atoms with van der Waals surface area (Å²) >= 11 is 0. The molecule has 3 rings (SSSR count). The SMILES string of the molecule is COc1cncc(-c2ccc(C(=O)NC[C@H](C)n3nc(C)cc3C)cc2)c1. The fraction of sp³-hybridized carbons (Fsp3) is 0.286. The molecule has 0 aliphatic heterocycles. The molecule has 27 heavy (non-hydrogen) atoms. The molecule has 1 aromatic carbocycles. The molecule has 0 saturated heterocycles. The number of hydrogen-bond acceptors (Lipinski definition) is 4. The summed E-state index contributed by atoms with van der Waals surface area (Å²) in [6.45, 7) is 6.54. The van der Waals surface area contributed by atoms with Crippen LogP contribution < -0.4 is 10.1 Å². The molecular formula is C21H24N4O2. The van der Waals surface area contributed by atoms with Crippen LogP contribution in [0.3, 0.4) is 0 Å². The average molecular weight is 364 g/mol. The van der Waals surface area contributed by atoms with E-state index in [9.17, 15) is 4.79 Å². The van der Waals surface area contributed by atoms with E-state index in [2.05, 4.69) is 15.4 Å². The van der Waals surface area contributed by atoms with E-state index in [1.807, 2.05) is 61.9 Å². The molecule has 0 bridgehead atoms. The highest BCUT2D eigenvalue weighted by Crippen LogP contribution is 2.22. The fourth-order valence-corrected chi connectivity index (χ4v) is 3.02. The van der Waals surface area contributed by atoms with Crippen molar-refractivity contribution in [2.24, 2.45) is 0 Å². The number of ether oxygens (including phenoxy) is 1. The standard InChI is InChI=1S/C21H24N4O2/c1-14-9-15(2)25(24-14)16(3)11-23-21(26)18-7-5-17(6-8-18)19-10-20(27-4)13-22-12-19/h5-10,12-13,16H,11H2,1-4H3,(H,23,26)/t16-/m0/s1. The van der Waals surface area contributed by atoms with E-state index in [-0.39, 0.29) is 11.9 Å². The minimum absolute atomic E-state index is 0.0878. The third-order valence-corrected chi connectivity index (χ3v) is 4.45. The second-order valence-electron chi connectivity index (χ2n) is 6.62. The third kappa shape index (κ3) is 4.34. The Morgan fingerprint density at radius 1 is 1.15 bits per heavy atom. The Morgan fingerprint density at radius 3 is 2.52 bits per heavy atom. The van der Waals surface area contributed by atoms with Crippen LogP contribution in [0.2, 0.25) is 0 Å². The first-order valence-corrected chi connectivity index (χ1v) is 8.88. The van der Waals surface area contributed by atoms with Crippen LogP contribution in [0.25, 0.3) is 11.1 Å². The molecule has 6 nitrogen and oxygen atoms in total. The summed E-state index contributed by atoms with van der Waals surface area (Å²) in [6, 6.07) is 11.5. The summed E-state index contributed by atoms with van der Waals surface area (Å²) in [7, 11) is 1.61. The predicted molar refractivity (Wildman–Crippen MR) is 105 cm³/mol. The van der Waals surface area contributed by atoms with Gasteiger partial charge in [-0.15, -0.1) is 0 Å². The van der Waals surface area contributed by atoms with Gasteiger partial charge in [-0.25, -0.2) is 0 Å². The number of amides is 1. The quantitative estimate of drug-likeness (QED) is 0.726. The summed E-state index contributed by atoms with van der Waals surface area (Å²) in [5.74, 6) is 0.603. The van der Waals surface area contributed by atoms with E-state index in [4.69, 9.17) is 4.74 Å². The van der Waals surface area contributed by atoms with Crippen molar-refractivity contribution >= 4 is 5.91 Å². The van der Waals surface area contributed by atoms with Crippen LogP contribution >= 0.6 is 0 Å². The topological polar surface area (TPSA) is 69.0 Å². The summed E-state index contributed by atoms with van der Waals surface area (Å²) in [5, 5.41) is 7.45. The highest BCUT2D eigenvalue weighted by molar-refractivity contribution is 5.94. The van der Waals surface area contributed by atoms with Crippen LogP contribution in [0.1, 0.15) is 34.7 Å². The normalized spacial score (nSPS) is 11.9. The molecule has 0 unspecified atom stereocenters. The van der Waals surface area contributed by atoms with E-state index in [1.54, 1.807) is 19.5 Å². The molecule has 0 radical (unpaired) electrons. The molecule has 1 N–H and O–H groups in total. The molecule has 6 heteroatoms. The van der Waals surface area contributed by atoms with Crippen molar-refractivity contribution in [3.05, 3.63) is 65.7 Å². The van der Waals surface area contributed by atoms with Gasteiger partial charge in [-0.05, 0) is 50.6 Å². The predicted octanol–water partition coefficient (Wildman–Crippen LogP) is 3.56. The lowest BCUT2D eigenvalue weighted by molar-refractivity contribution is 0.0947. The number of aromatic nitrogens is 3. The molecule has 0 spiro atoms. The van der Waals surface area contributed by atoms with Crippen LogP contribution in [-0.2, 0) is 0 Å². The lowest BCUT2D eigenvalue weighted by atomic mass is 10.1. The highest BCUT2D eigenvalue weighted by Gasteiger charge is 2.12. The maximum absolute atomic E-state index is 12.4. The van der Waals surface area contributed by atoms with Crippen LogP contribution in [0, 0.1) is 13.8 Å². The first-order valence-electron chi connectivity index (χ1n) is 8.88. The Balaban J connectivity index is 1.64. The first kappa shape index (κ1) is 18.6. The Bertz CT molecular complexity index is 932. The maximum Gasteiger partial charge on any atom is 0.251 e. The zero-order valence-corrected chi connectivity index (χ0v) is 16.1. The van der Waals surface area contributed by atoms with Crippen molar-refractivity contribution in [3.63, 3.8) is 0 Å². The Labute approximate surface area is 159 Å². The zero-order chi connectivity index (χ0) is 19.4. The molecule has 1 atom stereocenters. The number of methoxy groups -OCH3 is 1. The summed E-state index contributed by atoms with van der Waals surface area (Å²) in [6.07, 6.45) is 3.43. The number of nitrogens with one attached hydrogen (secondary N) is 1. The van der Waals surface area contributed by atoms with Crippen molar-refractivity contribution in [2.75, 3.05) is 13.7 Å². The summed E-state index contributed by atoms with van der Waals surface area (Å²) in [5.41, 5.74) is 4.61. The lowest BCUT2D eigenvalue weighted by Crippen LogP contribution is -2.30. The number of benzene rings is 1. The Morgan fingerprint density at radius 2 is 1.89 bits per heavy atom. The molecule has 2 heterocycles.